The zero-order valence-corrected chi connectivity index (χ0v) is 20.6. The van der Waals surface area contributed by atoms with Gasteiger partial charge >= 0.3 is 0 Å². The van der Waals surface area contributed by atoms with E-state index < -0.39 is 10.0 Å². The molecule has 1 amide bonds. The second-order valence-corrected chi connectivity index (χ2v) is 11.2. The average molecular weight is 477 g/mol. The van der Waals surface area contributed by atoms with Crippen LogP contribution in [0.3, 0.4) is 0 Å². The van der Waals surface area contributed by atoms with E-state index in [1.165, 1.54) is 34.7 Å². The van der Waals surface area contributed by atoms with Crippen LogP contribution in [-0.2, 0) is 15.8 Å². The number of nitrogens with one attached hydrogen (secondary N) is 1. The number of nitrogens with zero attached hydrogens (tertiary/aromatic N) is 1. The highest BCUT2D eigenvalue weighted by Gasteiger charge is 2.29. The van der Waals surface area contributed by atoms with E-state index in [1.54, 1.807) is 17.8 Å². The summed E-state index contributed by atoms with van der Waals surface area (Å²) in [5.41, 5.74) is 2.79. The minimum absolute atomic E-state index is 0.131. The first-order valence-corrected chi connectivity index (χ1v) is 13.5. The molecule has 0 atom stereocenters. The second kappa shape index (κ2) is 11.2. The zero-order valence-electron chi connectivity index (χ0n) is 19.0. The molecule has 0 radical (unpaired) electrons. The quantitative estimate of drug-likeness (QED) is 0.552. The Morgan fingerprint density at radius 2 is 1.91 bits per heavy atom. The van der Waals surface area contributed by atoms with Crippen LogP contribution in [0.15, 0.2) is 47.4 Å². The van der Waals surface area contributed by atoms with E-state index in [2.05, 4.69) is 31.3 Å². The molecule has 0 bridgehead atoms. The molecule has 2 aromatic rings. The summed E-state index contributed by atoms with van der Waals surface area (Å²) in [4.78, 5) is 12.9. The number of methoxy groups -OCH3 is 1. The molecule has 32 heavy (non-hydrogen) atoms. The van der Waals surface area contributed by atoms with Gasteiger partial charge in [-0.2, -0.15) is 16.1 Å². The van der Waals surface area contributed by atoms with Crippen molar-refractivity contribution in [3.05, 3.63) is 59.2 Å². The van der Waals surface area contributed by atoms with E-state index in [0.717, 1.165) is 24.3 Å². The van der Waals surface area contributed by atoms with Crippen LogP contribution in [0.25, 0.3) is 0 Å². The van der Waals surface area contributed by atoms with Crippen molar-refractivity contribution in [1.82, 2.24) is 9.62 Å². The Bertz CT molecular complexity index is 1030. The minimum atomic E-state index is -3.64. The normalized spacial score (nSPS) is 15.5. The number of sulfonamides is 1. The van der Waals surface area contributed by atoms with Crippen molar-refractivity contribution in [1.29, 1.82) is 0 Å². The summed E-state index contributed by atoms with van der Waals surface area (Å²) >= 11 is 1.75. The molecular weight excluding hydrogens is 444 g/mol. The summed E-state index contributed by atoms with van der Waals surface area (Å²) in [6.45, 7) is 5.73. The largest absolute Gasteiger partial charge is 0.496 e. The van der Waals surface area contributed by atoms with Crippen LogP contribution in [0.2, 0.25) is 0 Å². The second-order valence-electron chi connectivity index (χ2n) is 8.18. The average Bonchev–Trinajstić information content (AvgIpc) is 2.79. The molecule has 0 spiro atoms. The molecule has 2 aromatic carbocycles. The molecule has 8 heteroatoms. The third kappa shape index (κ3) is 6.05. The lowest BCUT2D eigenvalue weighted by atomic mass is 10.0. The lowest BCUT2D eigenvalue weighted by Gasteiger charge is -2.29. The number of benzene rings is 2. The molecule has 0 unspecified atom stereocenters. The maximum Gasteiger partial charge on any atom is 0.255 e. The lowest BCUT2D eigenvalue weighted by molar-refractivity contribution is 0.0953. The van der Waals surface area contributed by atoms with Gasteiger partial charge in [-0.15, -0.1) is 0 Å². The molecule has 0 aromatic heterocycles. The molecule has 1 heterocycles. The van der Waals surface area contributed by atoms with Crippen LogP contribution >= 0.6 is 11.8 Å². The summed E-state index contributed by atoms with van der Waals surface area (Å²) in [6.07, 6.45) is 1.70. The van der Waals surface area contributed by atoms with E-state index in [4.69, 9.17) is 4.74 Å². The van der Waals surface area contributed by atoms with Crippen molar-refractivity contribution in [2.75, 3.05) is 32.5 Å². The molecule has 1 aliphatic rings. The van der Waals surface area contributed by atoms with Crippen LogP contribution in [0.1, 0.15) is 41.3 Å². The number of hydrogen-bond acceptors (Lipinski definition) is 5. The summed E-state index contributed by atoms with van der Waals surface area (Å²) in [5, 5.41) is 2.89. The van der Waals surface area contributed by atoms with Gasteiger partial charge in [0.1, 0.15) is 5.75 Å². The maximum atomic E-state index is 13.1. The highest BCUT2D eigenvalue weighted by Crippen LogP contribution is 2.27. The molecule has 0 saturated carbocycles. The fraction of sp³-hybridized carbons (Fsp3) is 0.458. The van der Waals surface area contributed by atoms with E-state index in [9.17, 15) is 13.2 Å². The molecule has 1 saturated heterocycles. The Morgan fingerprint density at radius 1 is 1.19 bits per heavy atom. The predicted molar refractivity (Wildman–Crippen MR) is 130 cm³/mol. The highest BCUT2D eigenvalue weighted by molar-refractivity contribution is 7.98. The van der Waals surface area contributed by atoms with Gasteiger partial charge in [0.25, 0.3) is 5.91 Å². The standard InChI is InChI=1S/C24H32N2O4S2/c1-18-10-13-26(14-11-18)32(28,29)21-8-9-23(30-3)22(16-21)24(27)25-12-15-31-17-20-7-5-4-6-19(20)2/h4-9,16,18H,10-15,17H2,1-3H3,(H,25,27). The molecule has 1 N–H and O–H groups in total. The Balaban J connectivity index is 1.62. The fourth-order valence-corrected chi connectivity index (χ4v) is 6.12. The number of hydrogen-bond donors (Lipinski definition) is 1. The van der Waals surface area contributed by atoms with Gasteiger partial charge in [-0.1, -0.05) is 31.2 Å². The summed E-state index contributed by atoms with van der Waals surface area (Å²) in [7, 11) is -2.16. The third-order valence-electron chi connectivity index (χ3n) is 5.85. The minimum Gasteiger partial charge on any atom is -0.496 e. The number of carbonyl (C=O) groups excluding carboxylic acids is 1. The fourth-order valence-electron chi connectivity index (χ4n) is 3.69. The van der Waals surface area contributed by atoms with Crippen molar-refractivity contribution < 1.29 is 17.9 Å². The van der Waals surface area contributed by atoms with Gasteiger partial charge in [0.2, 0.25) is 10.0 Å². The maximum absolute atomic E-state index is 13.1. The molecule has 174 valence electrons. The first-order chi connectivity index (χ1) is 15.3. The third-order valence-corrected chi connectivity index (χ3v) is 8.75. The van der Waals surface area contributed by atoms with Crippen LogP contribution in [0, 0.1) is 12.8 Å². The van der Waals surface area contributed by atoms with Gasteiger partial charge in [0.05, 0.1) is 17.6 Å². The van der Waals surface area contributed by atoms with Gasteiger partial charge in [0, 0.05) is 31.1 Å². The number of aryl methyl sites for hydroxylation is 1. The van der Waals surface area contributed by atoms with E-state index in [-0.39, 0.29) is 16.4 Å². The van der Waals surface area contributed by atoms with Crippen molar-refractivity contribution in [2.24, 2.45) is 5.92 Å². The van der Waals surface area contributed by atoms with Crippen LogP contribution in [0.5, 0.6) is 5.75 Å². The number of rotatable bonds is 9. The molecule has 6 nitrogen and oxygen atoms in total. The topological polar surface area (TPSA) is 75.7 Å². The zero-order chi connectivity index (χ0) is 23.1. The van der Waals surface area contributed by atoms with Gasteiger partial charge in [-0.3, -0.25) is 4.79 Å². The van der Waals surface area contributed by atoms with Crippen LogP contribution in [-0.4, -0.2) is 51.1 Å². The predicted octanol–water partition coefficient (Wildman–Crippen LogP) is 4.09. The molecule has 1 aliphatic heterocycles. The lowest BCUT2D eigenvalue weighted by Crippen LogP contribution is -2.38. The Kier molecular flexibility index (Phi) is 8.62. The first-order valence-electron chi connectivity index (χ1n) is 10.9. The van der Waals surface area contributed by atoms with E-state index in [0.29, 0.717) is 31.3 Å². The molecular formula is C24H32N2O4S2. The highest BCUT2D eigenvalue weighted by atomic mass is 32.2. The number of carbonyl (C=O) groups is 1. The smallest absolute Gasteiger partial charge is 0.255 e. The number of thioether (sulfide) groups is 1. The van der Waals surface area contributed by atoms with E-state index >= 15 is 0 Å². The van der Waals surface area contributed by atoms with E-state index in [1.807, 2.05) is 12.1 Å². The Hall–Kier alpha value is -2.03. The Labute approximate surface area is 195 Å². The molecule has 1 fully saturated rings. The van der Waals surface area contributed by atoms with Gasteiger partial charge in [-0.05, 0) is 55.0 Å². The number of amides is 1. The summed E-state index contributed by atoms with van der Waals surface area (Å²) in [6, 6.07) is 12.8. The van der Waals surface area contributed by atoms with Gasteiger partial charge in [0.15, 0.2) is 0 Å². The number of piperidine rings is 1. The van der Waals surface area contributed by atoms with Crippen LogP contribution < -0.4 is 10.1 Å². The van der Waals surface area contributed by atoms with Crippen molar-refractivity contribution in [3.63, 3.8) is 0 Å². The van der Waals surface area contributed by atoms with Gasteiger partial charge in [-0.25, -0.2) is 8.42 Å². The van der Waals surface area contributed by atoms with Gasteiger partial charge < -0.3 is 10.1 Å². The SMILES string of the molecule is COc1ccc(S(=O)(=O)N2CCC(C)CC2)cc1C(=O)NCCSCc1ccccc1C. The first kappa shape index (κ1) is 24.6. The number of ether oxygens (including phenoxy) is 1. The van der Waals surface area contributed by atoms with Crippen molar-refractivity contribution >= 4 is 27.7 Å². The summed E-state index contributed by atoms with van der Waals surface area (Å²) < 4.78 is 33.0. The monoisotopic (exact) mass is 476 g/mol. The summed E-state index contributed by atoms with van der Waals surface area (Å²) in [5.74, 6) is 2.20. The van der Waals surface area contributed by atoms with Crippen molar-refractivity contribution in [2.45, 2.75) is 37.3 Å². The molecule has 3 rings (SSSR count). The van der Waals surface area contributed by atoms with Crippen LogP contribution in [0.4, 0.5) is 0 Å². The van der Waals surface area contributed by atoms with Crippen molar-refractivity contribution in [3.8, 4) is 5.75 Å². The molecule has 0 aliphatic carbocycles. The Morgan fingerprint density at radius 3 is 2.59 bits per heavy atom.